The van der Waals surface area contributed by atoms with Crippen molar-refractivity contribution in [2.45, 2.75) is 53.4 Å². The minimum atomic E-state index is 0. The second kappa shape index (κ2) is 16.1. The molecule has 0 amide bonds. The second-order valence-electron chi connectivity index (χ2n) is 7.25. The van der Waals surface area contributed by atoms with Gasteiger partial charge in [-0.3, -0.25) is 4.99 Å². The molecule has 1 saturated heterocycles. The van der Waals surface area contributed by atoms with Crippen LogP contribution >= 0.6 is 24.0 Å². The number of piperidine rings is 1. The lowest BCUT2D eigenvalue weighted by Crippen LogP contribution is -2.39. The molecule has 0 radical (unpaired) electrons. The average Bonchev–Trinajstić information content (AvgIpc) is 2.57. The van der Waals surface area contributed by atoms with Crippen molar-refractivity contribution >= 4 is 29.9 Å². The molecule has 1 rings (SSSR count). The molecule has 0 aliphatic carbocycles. The highest BCUT2D eigenvalue weighted by Crippen LogP contribution is 2.17. The number of nitrogens with one attached hydrogen (secondary N) is 2. The van der Waals surface area contributed by atoms with Crippen LogP contribution < -0.4 is 10.6 Å². The van der Waals surface area contributed by atoms with Crippen LogP contribution in [0.2, 0.25) is 0 Å². The predicted molar refractivity (Wildman–Crippen MR) is 119 cm³/mol. The summed E-state index contributed by atoms with van der Waals surface area (Å²) in [5.74, 6) is 2.31. The number of hydrogen-bond acceptors (Lipinski definition) is 3. The van der Waals surface area contributed by atoms with Gasteiger partial charge in [-0.25, -0.2) is 0 Å². The smallest absolute Gasteiger partial charge is 0.191 e. The first kappa shape index (κ1) is 24.9. The summed E-state index contributed by atoms with van der Waals surface area (Å²) >= 11 is 0. The highest BCUT2D eigenvalue weighted by molar-refractivity contribution is 14.0. The van der Waals surface area contributed by atoms with E-state index in [1.807, 2.05) is 0 Å². The van der Waals surface area contributed by atoms with Crippen molar-refractivity contribution in [2.24, 2.45) is 16.8 Å². The first-order chi connectivity index (χ1) is 11.7. The largest absolute Gasteiger partial charge is 0.381 e. The Bertz CT molecular complexity index is 331. The van der Waals surface area contributed by atoms with Crippen LogP contribution in [-0.4, -0.2) is 63.3 Å². The van der Waals surface area contributed by atoms with Gasteiger partial charge < -0.3 is 20.3 Å². The van der Waals surface area contributed by atoms with Crippen molar-refractivity contribution in [3.8, 4) is 0 Å². The van der Waals surface area contributed by atoms with Gasteiger partial charge in [-0.2, -0.15) is 0 Å². The third kappa shape index (κ3) is 12.8. The SMILES string of the molecule is CCCN1CCC(CN=C(NCC)NCCCOCC(C)C)CC1.I. The van der Waals surface area contributed by atoms with Crippen LogP contribution in [0.15, 0.2) is 4.99 Å². The lowest BCUT2D eigenvalue weighted by atomic mass is 9.97. The van der Waals surface area contributed by atoms with Gasteiger partial charge in [0.25, 0.3) is 0 Å². The Hall–Kier alpha value is -0.0800. The Morgan fingerprint density at radius 1 is 1.20 bits per heavy atom. The summed E-state index contributed by atoms with van der Waals surface area (Å²) < 4.78 is 5.62. The first-order valence-corrected chi connectivity index (χ1v) is 9.97. The molecule has 0 bridgehead atoms. The topological polar surface area (TPSA) is 48.9 Å². The summed E-state index contributed by atoms with van der Waals surface area (Å²) in [6.45, 7) is 16.9. The molecule has 0 unspecified atom stereocenters. The molecule has 0 spiro atoms. The average molecular weight is 468 g/mol. The number of aliphatic imine (C=N–C) groups is 1. The maximum atomic E-state index is 5.62. The molecule has 1 aliphatic heterocycles. The van der Waals surface area contributed by atoms with E-state index in [1.165, 1.54) is 38.9 Å². The van der Waals surface area contributed by atoms with E-state index >= 15 is 0 Å². The maximum absolute atomic E-state index is 5.62. The number of ether oxygens (including phenoxy) is 1. The lowest BCUT2D eigenvalue weighted by Gasteiger charge is -2.31. The maximum Gasteiger partial charge on any atom is 0.191 e. The number of guanidine groups is 1. The van der Waals surface area contributed by atoms with Gasteiger partial charge in [-0.1, -0.05) is 20.8 Å². The fourth-order valence-electron chi connectivity index (χ4n) is 2.97. The molecule has 25 heavy (non-hydrogen) atoms. The molecular weight excluding hydrogens is 427 g/mol. The Morgan fingerprint density at radius 3 is 2.52 bits per heavy atom. The molecule has 5 nitrogen and oxygen atoms in total. The molecule has 0 aromatic heterocycles. The fraction of sp³-hybridized carbons (Fsp3) is 0.947. The third-order valence-corrected chi connectivity index (χ3v) is 4.31. The van der Waals surface area contributed by atoms with Crippen LogP contribution in [0.5, 0.6) is 0 Å². The van der Waals surface area contributed by atoms with Crippen molar-refractivity contribution in [3.63, 3.8) is 0 Å². The fourth-order valence-corrected chi connectivity index (χ4v) is 2.97. The minimum absolute atomic E-state index is 0. The van der Waals surface area contributed by atoms with Crippen LogP contribution in [-0.2, 0) is 4.74 Å². The summed E-state index contributed by atoms with van der Waals surface area (Å²) in [6.07, 6.45) is 4.85. The minimum Gasteiger partial charge on any atom is -0.381 e. The van der Waals surface area contributed by atoms with Crippen molar-refractivity contribution in [1.29, 1.82) is 0 Å². The number of nitrogens with zero attached hydrogens (tertiary/aromatic N) is 2. The molecule has 0 aromatic carbocycles. The van der Waals surface area contributed by atoms with E-state index < -0.39 is 0 Å². The molecule has 1 heterocycles. The molecule has 1 aliphatic rings. The zero-order chi connectivity index (χ0) is 17.6. The number of hydrogen-bond donors (Lipinski definition) is 2. The zero-order valence-electron chi connectivity index (χ0n) is 16.9. The van der Waals surface area contributed by atoms with E-state index in [9.17, 15) is 0 Å². The van der Waals surface area contributed by atoms with Crippen LogP contribution in [0.1, 0.15) is 53.4 Å². The molecule has 2 N–H and O–H groups in total. The Kier molecular flexibility index (Phi) is 16.1. The quantitative estimate of drug-likeness (QED) is 0.211. The molecule has 0 aromatic rings. The molecule has 150 valence electrons. The second-order valence-corrected chi connectivity index (χ2v) is 7.25. The third-order valence-electron chi connectivity index (χ3n) is 4.31. The molecule has 0 atom stereocenters. The van der Waals surface area contributed by atoms with E-state index in [4.69, 9.17) is 9.73 Å². The summed E-state index contributed by atoms with van der Waals surface area (Å²) in [7, 11) is 0. The summed E-state index contributed by atoms with van der Waals surface area (Å²) in [5, 5.41) is 6.77. The van der Waals surface area contributed by atoms with Gasteiger partial charge in [-0.05, 0) is 64.1 Å². The molecule has 1 fully saturated rings. The van der Waals surface area contributed by atoms with Crippen LogP contribution in [0.4, 0.5) is 0 Å². The standard InChI is InChI=1S/C19H40N4O.HI/c1-5-11-23-12-8-18(9-13-23)15-22-19(20-6-2)21-10-7-14-24-16-17(3)4;/h17-18H,5-16H2,1-4H3,(H2,20,21,22);1H. The van der Waals surface area contributed by atoms with Crippen LogP contribution in [0.3, 0.4) is 0 Å². The zero-order valence-corrected chi connectivity index (χ0v) is 19.2. The Balaban J connectivity index is 0.00000576. The summed E-state index contributed by atoms with van der Waals surface area (Å²) in [6, 6.07) is 0. The van der Waals surface area contributed by atoms with Gasteiger partial charge in [0.1, 0.15) is 0 Å². The highest BCUT2D eigenvalue weighted by atomic mass is 127. The highest BCUT2D eigenvalue weighted by Gasteiger charge is 2.18. The number of rotatable bonds is 11. The van der Waals surface area contributed by atoms with Crippen molar-refractivity contribution in [1.82, 2.24) is 15.5 Å². The van der Waals surface area contributed by atoms with E-state index in [0.29, 0.717) is 5.92 Å². The van der Waals surface area contributed by atoms with Crippen LogP contribution in [0, 0.1) is 11.8 Å². The lowest BCUT2D eigenvalue weighted by molar-refractivity contribution is 0.108. The van der Waals surface area contributed by atoms with E-state index in [-0.39, 0.29) is 24.0 Å². The molecular formula is C19H41IN4O. The molecule has 6 heteroatoms. The van der Waals surface area contributed by atoms with Gasteiger partial charge in [0, 0.05) is 32.8 Å². The van der Waals surface area contributed by atoms with E-state index in [1.54, 1.807) is 0 Å². The van der Waals surface area contributed by atoms with Crippen LogP contribution in [0.25, 0.3) is 0 Å². The Labute approximate surface area is 172 Å². The predicted octanol–water partition coefficient (Wildman–Crippen LogP) is 3.34. The molecule has 0 saturated carbocycles. The van der Waals surface area contributed by atoms with Crippen molar-refractivity contribution in [3.05, 3.63) is 0 Å². The number of likely N-dealkylation sites (tertiary alicyclic amines) is 1. The Morgan fingerprint density at radius 2 is 1.92 bits per heavy atom. The van der Waals surface area contributed by atoms with Gasteiger partial charge in [0.15, 0.2) is 5.96 Å². The first-order valence-electron chi connectivity index (χ1n) is 9.97. The van der Waals surface area contributed by atoms with Gasteiger partial charge >= 0.3 is 0 Å². The van der Waals surface area contributed by atoms with E-state index in [0.717, 1.165) is 51.1 Å². The summed E-state index contributed by atoms with van der Waals surface area (Å²) in [4.78, 5) is 7.37. The van der Waals surface area contributed by atoms with Gasteiger partial charge in [-0.15, -0.1) is 24.0 Å². The van der Waals surface area contributed by atoms with Crippen molar-refractivity contribution in [2.75, 3.05) is 52.5 Å². The number of halogens is 1. The summed E-state index contributed by atoms with van der Waals surface area (Å²) in [5.41, 5.74) is 0. The van der Waals surface area contributed by atoms with Crippen molar-refractivity contribution < 1.29 is 4.74 Å². The van der Waals surface area contributed by atoms with E-state index in [2.05, 4.69) is 43.2 Å². The van der Waals surface area contributed by atoms with Gasteiger partial charge in [0.05, 0.1) is 0 Å². The van der Waals surface area contributed by atoms with Gasteiger partial charge in [0.2, 0.25) is 0 Å². The normalized spacial score (nSPS) is 16.8. The monoisotopic (exact) mass is 468 g/mol.